The van der Waals surface area contributed by atoms with Gasteiger partial charge >= 0.3 is 12.0 Å². The van der Waals surface area contributed by atoms with Crippen molar-refractivity contribution >= 4 is 33.8 Å². The quantitative estimate of drug-likeness (QED) is 0.777. The van der Waals surface area contributed by atoms with Gasteiger partial charge in [0.05, 0.1) is 12.7 Å². The molecule has 0 atom stereocenters. The lowest BCUT2D eigenvalue weighted by Gasteiger charge is -2.08. The van der Waals surface area contributed by atoms with Crippen LogP contribution in [0.25, 0.3) is 0 Å². The van der Waals surface area contributed by atoms with Crippen molar-refractivity contribution in [3.8, 4) is 5.75 Å². The molecular formula is C13H15BrN2O5. The maximum Gasteiger partial charge on any atom is 0.339 e. The van der Waals surface area contributed by atoms with Crippen LogP contribution in [0.5, 0.6) is 5.75 Å². The Balaban J connectivity index is 2.58. The van der Waals surface area contributed by atoms with Crippen LogP contribution in [0.1, 0.15) is 17.3 Å². The summed E-state index contributed by atoms with van der Waals surface area (Å²) < 4.78 is 10.3. The van der Waals surface area contributed by atoms with E-state index in [0.29, 0.717) is 16.8 Å². The number of hydrogen-bond acceptors (Lipinski definition) is 5. The van der Waals surface area contributed by atoms with Crippen LogP contribution in [-0.2, 0) is 9.53 Å². The van der Waals surface area contributed by atoms with E-state index in [9.17, 15) is 14.4 Å². The average molecular weight is 359 g/mol. The molecule has 0 aliphatic carbocycles. The van der Waals surface area contributed by atoms with Gasteiger partial charge in [-0.25, -0.2) is 9.59 Å². The molecule has 0 unspecified atom stereocenters. The van der Waals surface area contributed by atoms with Crippen molar-refractivity contribution in [2.24, 2.45) is 0 Å². The zero-order chi connectivity index (χ0) is 15.8. The van der Waals surface area contributed by atoms with E-state index in [1.807, 2.05) is 5.32 Å². The van der Waals surface area contributed by atoms with Crippen molar-refractivity contribution in [2.45, 2.75) is 6.92 Å². The molecule has 0 aliphatic rings. The van der Waals surface area contributed by atoms with Gasteiger partial charge in [0.2, 0.25) is 0 Å². The van der Waals surface area contributed by atoms with Crippen LogP contribution in [0.2, 0.25) is 0 Å². The molecular weight excluding hydrogens is 344 g/mol. The Hall–Kier alpha value is -2.09. The van der Waals surface area contributed by atoms with E-state index in [4.69, 9.17) is 9.47 Å². The number of carbonyl (C=O) groups is 3. The fourth-order valence-corrected chi connectivity index (χ4v) is 1.77. The topological polar surface area (TPSA) is 93.7 Å². The first-order chi connectivity index (χ1) is 9.97. The number of imide groups is 1. The van der Waals surface area contributed by atoms with Crippen molar-refractivity contribution in [2.75, 3.05) is 20.3 Å². The zero-order valence-electron chi connectivity index (χ0n) is 11.6. The number of amides is 3. The second kappa shape index (κ2) is 8.25. The van der Waals surface area contributed by atoms with Crippen molar-refractivity contribution in [1.29, 1.82) is 0 Å². The highest BCUT2D eigenvalue weighted by molar-refractivity contribution is 9.10. The Morgan fingerprint density at radius 1 is 1.29 bits per heavy atom. The van der Waals surface area contributed by atoms with E-state index >= 15 is 0 Å². The minimum Gasteiger partial charge on any atom is -0.497 e. The highest BCUT2D eigenvalue weighted by Gasteiger charge is 2.15. The fourth-order valence-electron chi connectivity index (χ4n) is 1.36. The van der Waals surface area contributed by atoms with Gasteiger partial charge in [0.15, 0.2) is 6.61 Å². The molecule has 0 bridgehead atoms. The number of benzene rings is 1. The van der Waals surface area contributed by atoms with Gasteiger partial charge in [0.25, 0.3) is 5.91 Å². The van der Waals surface area contributed by atoms with Crippen molar-refractivity contribution in [1.82, 2.24) is 10.6 Å². The molecule has 0 saturated carbocycles. The SMILES string of the molecule is CCNC(=O)NC(=O)COC(=O)c1cc(OC)ccc1Br. The van der Waals surface area contributed by atoms with E-state index in [1.165, 1.54) is 13.2 Å². The molecule has 1 rings (SSSR count). The molecule has 21 heavy (non-hydrogen) atoms. The summed E-state index contributed by atoms with van der Waals surface area (Å²) in [7, 11) is 1.47. The molecule has 0 saturated heterocycles. The maximum absolute atomic E-state index is 11.9. The summed E-state index contributed by atoms with van der Waals surface area (Å²) >= 11 is 3.21. The van der Waals surface area contributed by atoms with Gasteiger partial charge < -0.3 is 14.8 Å². The molecule has 8 heteroatoms. The van der Waals surface area contributed by atoms with Gasteiger partial charge in [0, 0.05) is 11.0 Å². The molecule has 3 amide bonds. The summed E-state index contributed by atoms with van der Waals surface area (Å²) in [5, 5.41) is 4.41. The van der Waals surface area contributed by atoms with Gasteiger partial charge in [0.1, 0.15) is 5.75 Å². The predicted molar refractivity (Wildman–Crippen MR) is 78.2 cm³/mol. The first-order valence-corrected chi connectivity index (χ1v) is 6.85. The van der Waals surface area contributed by atoms with Gasteiger partial charge in [-0.15, -0.1) is 0 Å². The number of esters is 1. The second-order valence-electron chi connectivity index (χ2n) is 3.83. The molecule has 0 heterocycles. The van der Waals surface area contributed by atoms with Crippen molar-refractivity contribution < 1.29 is 23.9 Å². The second-order valence-corrected chi connectivity index (χ2v) is 4.68. The van der Waals surface area contributed by atoms with Gasteiger partial charge in [-0.3, -0.25) is 10.1 Å². The molecule has 0 fully saturated rings. The number of carbonyl (C=O) groups excluding carboxylic acids is 3. The third kappa shape index (κ3) is 5.42. The normalized spacial score (nSPS) is 9.67. The summed E-state index contributed by atoms with van der Waals surface area (Å²) in [6.45, 7) is 1.54. The standard InChI is InChI=1S/C13H15BrN2O5/c1-3-15-13(19)16-11(17)7-21-12(18)9-6-8(20-2)4-5-10(9)14/h4-6H,3,7H2,1-2H3,(H2,15,16,17,19). The summed E-state index contributed by atoms with van der Waals surface area (Å²) in [6, 6.07) is 4.14. The van der Waals surface area contributed by atoms with Crippen LogP contribution in [-0.4, -0.2) is 38.2 Å². The molecule has 0 spiro atoms. The minimum absolute atomic E-state index is 0.222. The number of rotatable bonds is 5. The molecule has 0 radical (unpaired) electrons. The molecule has 7 nitrogen and oxygen atoms in total. The van der Waals surface area contributed by atoms with E-state index in [0.717, 1.165) is 0 Å². The number of halogens is 1. The van der Waals surface area contributed by atoms with Crippen LogP contribution in [0.4, 0.5) is 4.79 Å². The zero-order valence-corrected chi connectivity index (χ0v) is 13.2. The van der Waals surface area contributed by atoms with Crippen LogP contribution in [0.15, 0.2) is 22.7 Å². The Bertz CT molecular complexity index is 547. The molecule has 1 aromatic carbocycles. The lowest BCUT2D eigenvalue weighted by Crippen LogP contribution is -2.41. The summed E-state index contributed by atoms with van der Waals surface area (Å²) in [6.07, 6.45) is 0. The van der Waals surface area contributed by atoms with E-state index in [2.05, 4.69) is 21.2 Å². The number of ether oxygens (including phenoxy) is 2. The summed E-state index contributed by atoms with van der Waals surface area (Å²) in [4.78, 5) is 34.3. The fraction of sp³-hybridized carbons (Fsp3) is 0.308. The first kappa shape index (κ1) is 17.0. The number of nitrogens with one attached hydrogen (secondary N) is 2. The van der Waals surface area contributed by atoms with Gasteiger partial charge in [-0.05, 0) is 41.1 Å². The van der Waals surface area contributed by atoms with Gasteiger partial charge in [-0.1, -0.05) is 0 Å². The average Bonchev–Trinajstić information content (AvgIpc) is 2.45. The lowest BCUT2D eigenvalue weighted by molar-refractivity contribution is -0.123. The predicted octanol–water partition coefficient (Wildman–Crippen LogP) is 1.46. The first-order valence-electron chi connectivity index (χ1n) is 6.06. The molecule has 0 aliphatic heterocycles. The Kier molecular flexibility index (Phi) is 6.67. The summed E-state index contributed by atoms with van der Waals surface area (Å²) in [5.41, 5.74) is 0.222. The maximum atomic E-state index is 11.9. The van der Waals surface area contributed by atoms with Gasteiger partial charge in [-0.2, -0.15) is 0 Å². The highest BCUT2D eigenvalue weighted by atomic mass is 79.9. The van der Waals surface area contributed by atoms with Crippen LogP contribution >= 0.6 is 15.9 Å². The number of hydrogen-bond donors (Lipinski definition) is 2. The van der Waals surface area contributed by atoms with E-state index < -0.39 is 24.5 Å². The van der Waals surface area contributed by atoms with Crippen LogP contribution in [0.3, 0.4) is 0 Å². The van der Waals surface area contributed by atoms with Crippen LogP contribution in [0, 0.1) is 0 Å². The Labute approximate surface area is 130 Å². The third-order valence-corrected chi connectivity index (χ3v) is 3.01. The van der Waals surface area contributed by atoms with E-state index in [-0.39, 0.29) is 5.56 Å². The molecule has 0 aromatic heterocycles. The smallest absolute Gasteiger partial charge is 0.339 e. The third-order valence-electron chi connectivity index (χ3n) is 2.32. The lowest BCUT2D eigenvalue weighted by atomic mass is 10.2. The van der Waals surface area contributed by atoms with E-state index in [1.54, 1.807) is 19.1 Å². The Morgan fingerprint density at radius 2 is 2.00 bits per heavy atom. The Morgan fingerprint density at radius 3 is 2.62 bits per heavy atom. The van der Waals surface area contributed by atoms with Crippen molar-refractivity contribution in [3.05, 3.63) is 28.2 Å². The highest BCUT2D eigenvalue weighted by Crippen LogP contribution is 2.23. The summed E-state index contributed by atoms with van der Waals surface area (Å²) in [5.74, 6) is -0.933. The van der Waals surface area contributed by atoms with Crippen molar-refractivity contribution in [3.63, 3.8) is 0 Å². The number of methoxy groups -OCH3 is 1. The minimum atomic E-state index is -0.715. The molecule has 1 aromatic rings. The largest absolute Gasteiger partial charge is 0.497 e. The van der Waals surface area contributed by atoms with Crippen LogP contribution < -0.4 is 15.4 Å². The number of urea groups is 1. The molecule has 2 N–H and O–H groups in total. The monoisotopic (exact) mass is 358 g/mol. The molecule has 114 valence electrons.